The van der Waals surface area contributed by atoms with Crippen molar-refractivity contribution in [2.24, 2.45) is 0 Å². The number of halogens is 1. The lowest BCUT2D eigenvalue weighted by molar-refractivity contribution is 0.0570. The highest BCUT2D eigenvalue weighted by molar-refractivity contribution is 5.54. The monoisotopic (exact) mass is 235 g/mol. The van der Waals surface area contributed by atoms with E-state index in [4.69, 9.17) is 10.00 Å². The number of rotatable bonds is 3. The SMILES string of the molecule is COCC1(F)CCN(c2ncccc2C#N)C1. The molecule has 90 valence electrons. The first-order valence-electron chi connectivity index (χ1n) is 5.46. The number of anilines is 1. The fraction of sp³-hybridized carbons (Fsp3) is 0.500. The largest absolute Gasteiger partial charge is 0.381 e. The van der Waals surface area contributed by atoms with Crippen LogP contribution in [0.3, 0.4) is 0 Å². The fourth-order valence-electron chi connectivity index (χ4n) is 2.13. The highest BCUT2D eigenvalue weighted by Crippen LogP contribution is 2.30. The second kappa shape index (κ2) is 4.68. The Labute approximate surface area is 99.6 Å². The average Bonchev–Trinajstić information content (AvgIpc) is 2.72. The highest BCUT2D eigenvalue weighted by Gasteiger charge is 2.39. The summed E-state index contributed by atoms with van der Waals surface area (Å²) in [5.41, 5.74) is -0.854. The zero-order chi connectivity index (χ0) is 12.3. The van der Waals surface area contributed by atoms with Crippen molar-refractivity contribution < 1.29 is 9.13 Å². The van der Waals surface area contributed by atoms with E-state index in [1.807, 2.05) is 0 Å². The first-order valence-corrected chi connectivity index (χ1v) is 5.46. The molecule has 1 fully saturated rings. The van der Waals surface area contributed by atoms with E-state index in [0.717, 1.165) is 0 Å². The van der Waals surface area contributed by atoms with Gasteiger partial charge in [-0.1, -0.05) is 0 Å². The topological polar surface area (TPSA) is 49.1 Å². The van der Waals surface area contributed by atoms with Crippen molar-refractivity contribution >= 4 is 5.82 Å². The van der Waals surface area contributed by atoms with Crippen LogP contribution in [0.1, 0.15) is 12.0 Å². The Kier molecular flexibility index (Phi) is 3.25. The summed E-state index contributed by atoms with van der Waals surface area (Å²) in [4.78, 5) is 5.96. The van der Waals surface area contributed by atoms with E-state index in [-0.39, 0.29) is 13.2 Å². The third-order valence-electron chi connectivity index (χ3n) is 2.91. The molecule has 2 rings (SSSR count). The van der Waals surface area contributed by atoms with E-state index in [1.54, 1.807) is 23.2 Å². The van der Waals surface area contributed by atoms with Crippen LogP contribution in [0, 0.1) is 11.3 Å². The minimum absolute atomic E-state index is 0.0816. The minimum Gasteiger partial charge on any atom is -0.381 e. The third kappa shape index (κ3) is 2.37. The molecule has 1 aromatic rings. The average molecular weight is 235 g/mol. The van der Waals surface area contributed by atoms with Gasteiger partial charge in [0.1, 0.15) is 11.9 Å². The summed E-state index contributed by atoms with van der Waals surface area (Å²) in [7, 11) is 1.49. The number of nitriles is 1. The van der Waals surface area contributed by atoms with Crippen molar-refractivity contribution in [1.29, 1.82) is 5.26 Å². The molecule has 5 heteroatoms. The lowest BCUT2D eigenvalue weighted by Crippen LogP contribution is -2.33. The Balaban J connectivity index is 2.18. The maximum Gasteiger partial charge on any atom is 0.153 e. The second-order valence-corrected chi connectivity index (χ2v) is 4.24. The van der Waals surface area contributed by atoms with Crippen LogP contribution in [-0.4, -0.2) is 37.5 Å². The third-order valence-corrected chi connectivity index (χ3v) is 2.91. The van der Waals surface area contributed by atoms with Gasteiger partial charge in [0.25, 0.3) is 0 Å². The molecule has 1 atom stereocenters. The smallest absolute Gasteiger partial charge is 0.153 e. The van der Waals surface area contributed by atoms with Gasteiger partial charge in [-0.3, -0.25) is 0 Å². The van der Waals surface area contributed by atoms with E-state index in [1.165, 1.54) is 7.11 Å². The van der Waals surface area contributed by atoms with Gasteiger partial charge in [-0.05, 0) is 12.1 Å². The van der Waals surface area contributed by atoms with Crippen molar-refractivity contribution in [3.8, 4) is 6.07 Å². The van der Waals surface area contributed by atoms with Crippen LogP contribution >= 0.6 is 0 Å². The normalized spacial score (nSPS) is 23.7. The van der Waals surface area contributed by atoms with Crippen molar-refractivity contribution in [3.63, 3.8) is 0 Å². The van der Waals surface area contributed by atoms with Gasteiger partial charge < -0.3 is 9.64 Å². The second-order valence-electron chi connectivity index (χ2n) is 4.24. The molecule has 17 heavy (non-hydrogen) atoms. The number of pyridine rings is 1. The standard InChI is InChI=1S/C12H14FN3O/c1-17-9-12(13)4-6-16(8-12)11-10(7-14)3-2-5-15-11/h2-3,5H,4,6,8-9H2,1H3. The molecule has 1 unspecified atom stereocenters. The number of nitrogens with zero attached hydrogens (tertiary/aromatic N) is 3. The first-order chi connectivity index (χ1) is 8.18. The summed E-state index contributed by atoms with van der Waals surface area (Å²) >= 11 is 0. The molecule has 0 aliphatic carbocycles. The Morgan fingerprint density at radius 2 is 2.53 bits per heavy atom. The summed E-state index contributed by atoms with van der Waals surface area (Å²) in [6.45, 7) is 0.871. The van der Waals surface area contributed by atoms with E-state index >= 15 is 0 Å². The molecule has 2 heterocycles. The van der Waals surface area contributed by atoms with Crippen LogP contribution in [0.15, 0.2) is 18.3 Å². The summed E-state index contributed by atoms with van der Waals surface area (Å²) in [5.74, 6) is 0.561. The fourth-order valence-corrected chi connectivity index (χ4v) is 2.13. The van der Waals surface area contributed by atoms with Crippen molar-refractivity contribution in [1.82, 2.24) is 4.98 Å². The van der Waals surface area contributed by atoms with Gasteiger partial charge in [0, 0.05) is 26.3 Å². The predicted octanol–water partition coefficient (Wildman–Crippen LogP) is 1.52. The number of hydrogen-bond acceptors (Lipinski definition) is 4. The molecule has 1 saturated heterocycles. The van der Waals surface area contributed by atoms with Gasteiger partial charge in [0.05, 0.1) is 18.7 Å². The quantitative estimate of drug-likeness (QED) is 0.797. The number of methoxy groups -OCH3 is 1. The maximum atomic E-state index is 14.2. The van der Waals surface area contributed by atoms with E-state index in [9.17, 15) is 4.39 Å². The Morgan fingerprint density at radius 3 is 3.24 bits per heavy atom. The van der Waals surface area contributed by atoms with Crippen molar-refractivity contribution in [3.05, 3.63) is 23.9 Å². The van der Waals surface area contributed by atoms with Crippen molar-refractivity contribution in [2.75, 3.05) is 31.7 Å². The van der Waals surface area contributed by atoms with Crippen LogP contribution < -0.4 is 4.90 Å². The van der Waals surface area contributed by atoms with E-state index in [2.05, 4.69) is 11.1 Å². The summed E-state index contributed by atoms with van der Waals surface area (Å²) in [6.07, 6.45) is 2.02. The molecule has 0 saturated carbocycles. The van der Waals surface area contributed by atoms with E-state index in [0.29, 0.717) is 24.3 Å². The Hall–Kier alpha value is -1.67. The van der Waals surface area contributed by atoms with Gasteiger partial charge in [0.2, 0.25) is 0 Å². The number of alkyl halides is 1. The molecule has 0 amide bonds. The Morgan fingerprint density at radius 1 is 1.71 bits per heavy atom. The summed E-state index contributed by atoms with van der Waals surface area (Å²) in [6, 6.07) is 5.47. The van der Waals surface area contributed by atoms with Gasteiger partial charge in [-0.15, -0.1) is 0 Å². The maximum absolute atomic E-state index is 14.2. The summed E-state index contributed by atoms with van der Waals surface area (Å²) < 4.78 is 19.1. The first kappa shape index (κ1) is 11.8. The van der Waals surface area contributed by atoms with Crippen LogP contribution in [0.2, 0.25) is 0 Å². The van der Waals surface area contributed by atoms with Gasteiger partial charge in [-0.2, -0.15) is 5.26 Å². The molecule has 0 spiro atoms. The number of aromatic nitrogens is 1. The van der Waals surface area contributed by atoms with E-state index < -0.39 is 5.67 Å². The molecule has 0 bridgehead atoms. The molecule has 4 nitrogen and oxygen atoms in total. The number of hydrogen-bond donors (Lipinski definition) is 0. The molecule has 1 aromatic heterocycles. The van der Waals surface area contributed by atoms with Crippen LogP contribution in [0.5, 0.6) is 0 Å². The lowest BCUT2D eigenvalue weighted by atomic mass is 10.1. The van der Waals surface area contributed by atoms with Crippen LogP contribution in [0.25, 0.3) is 0 Å². The summed E-state index contributed by atoms with van der Waals surface area (Å²) in [5, 5.41) is 8.98. The van der Waals surface area contributed by atoms with Crippen molar-refractivity contribution in [2.45, 2.75) is 12.1 Å². The molecular weight excluding hydrogens is 221 g/mol. The molecular formula is C12H14FN3O. The molecule has 0 N–H and O–H groups in total. The van der Waals surface area contributed by atoms with Gasteiger partial charge >= 0.3 is 0 Å². The predicted molar refractivity (Wildman–Crippen MR) is 61.5 cm³/mol. The van der Waals surface area contributed by atoms with Crippen LogP contribution in [0.4, 0.5) is 10.2 Å². The lowest BCUT2D eigenvalue weighted by Gasteiger charge is -2.21. The van der Waals surface area contributed by atoms with Crippen LogP contribution in [-0.2, 0) is 4.74 Å². The van der Waals surface area contributed by atoms with Gasteiger partial charge in [-0.25, -0.2) is 9.37 Å². The molecule has 1 aliphatic heterocycles. The number of ether oxygens (including phenoxy) is 1. The molecule has 0 aromatic carbocycles. The minimum atomic E-state index is -1.33. The van der Waals surface area contributed by atoms with Gasteiger partial charge in [0.15, 0.2) is 5.67 Å². The molecule has 0 radical (unpaired) electrons. The Bertz CT molecular complexity index is 446. The zero-order valence-corrected chi connectivity index (χ0v) is 9.69. The molecule has 1 aliphatic rings. The zero-order valence-electron chi connectivity index (χ0n) is 9.69. The highest BCUT2D eigenvalue weighted by atomic mass is 19.1.